The Kier molecular flexibility index (Phi) is 5.84. The number of aryl methyl sites for hydroxylation is 2. The molecule has 0 amide bonds. The van der Waals surface area contributed by atoms with Gasteiger partial charge in [-0.2, -0.15) is 0 Å². The van der Waals surface area contributed by atoms with Crippen LogP contribution in [-0.2, 0) is 22.6 Å². The lowest BCUT2D eigenvalue weighted by atomic mass is 9.98. The van der Waals surface area contributed by atoms with Crippen LogP contribution in [0.5, 0.6) is 5.75 Å². The summed E-state index contributed by atoms with van der Waals surface area (Å²) in [4.78, 5) is 14.8. The number of hydrogen-bond donors (Lipinski definition) is 1. The summed E-state index contributed by atoms with van der Waals surface area (Å²) in [6.45, 7) is 2.58. The summed E-state index contributed by atoms with van der Waals surface area (Å²) in [5.74, 6) is 0.623. The third-order valence-electron chi connectivity index (χ3n) is 5.23. The topological polar surface area (TPSA) is 51.3 Å². The summed E-state index contributed by atoms with van der Waals surface area (Å²) < 4.78 is 11.0. The number of rotatable bonds is 7. The minimum atomic E-state index is -0.204. The van der Waals surface area contributed by atoms with Crippen LogP contribution in [0, 0.1) is 6.92 Å². The number of carbonyl (C=O) groups is 1. The second-order valence-electron chi connectivity index (χ2n) is 7.46. The zero-order chi connectivity index (χ0) is 20.9. The Hall–Kier alpha value is -3.53. The summed E-state index contributed by atoms with van der Waals surface area (Å²) in [6.07, 6.45) is 2.93. The Labute approximate surface area is 176 Å². The van der Waals surface area contributed by atoms with Gasteiger partial charge in [-0.25, -0.2) is 0 Å². The molecular formula is C26H25NO3. The van der Waals surface area contributed by atoms with Crippen LogP contribution in [0.25, 0.3) is 22.0 Å². The van der Waals surface area contributed by atoms with Crippen molar-refractivity contribution in [3.63, 3.8) is 0 Å². The van der Waals surface area contributed by atoms with E-state index in [1.54, 1.807) is 0 Å². The molecule has 0 aliphatic carbocycles. The van der Waals surface area contributed by atoms with E-state index in [1.165, 1.54) is 12.7 Å². The molecule has 1 aromatic heterocycles. The molecule has 0 atom stereocenters. The number of fused-ring (bicyclic) bond motifs is 1. The maximum absolute atomic E-state index is 11.6. The second kappa shape index (κ2) is 8.87. The Morgan fingerprint density at radius 2 is 1.87 bits per heavy atom. The van der Waals surface area contributed by atoms with E-state index < -0.39 is 0 Å². The Bertz CT molecular complexity index is 1180. The lowest BCUT2D eigenvalue weighted by Gasteiger charge is -2.14. The van der Waals surface area contributed by atoms with Gasteiger partial charge in [-0.05, 0) is 65.8 Å². The predicted octanol–water partition coefficient (Wildman–Crippen LogP) is 5.83. The number of carbonyl (C=O) groups excluding carboxylic acids is 1. The van der Waals surface area contributed by atoms with Gasteiger partial charge in [0.1, 0.15) is 12.4 Å². The third-order valence-corrected chi connectivity index (χ3v) is 5.23. The molecule has 30 heavy (non-hydrogen) atoms. The molecule has 4 aromatic rings. The van der Waals surface area contributed by atoms with Gasteiger partial charge in [0, 0.05) is 23.7 Å². The number of ether oxygens (including phenoxy) is 2. The highest BCUT2D eigenvalue weighted by Crippen LogP contribution is 2.34. The summed E-state index contributed by atoms with van der Waals surface area (Å²) in [5, 5.41) is 1.15. The number of aromatic nitrogens is 1. The molecule has 0 radical (unpaired) electrons. The van der Waals surface area contributed by atoms with Crippen molar-refractivity contribution in [1.29, 1.82) is 0 Å². The summed E-state index contributed by atoms with van der Waals surface area (Å²) in [7, 11) is 1.42. The largest absolute Gasteiger partial charge is 0.488 e. The number of esters is 1. The van der Waals surface area contributed by atoms with Crippen LogP contribution in [0.15, 0.2) is 72.9 Å². The van der Waals surface area contributed by atoms with Gasteiger partial charge in [0.2, 0.25) is 0 Å². The zero-order valence-corrected chi connectivity index (χ0v) is 17.3. The van der Waals surface area contributed by atoms with Crippen molar-refractivity contribution in [1.82, 2.24) is 4.98 Å². The molecule has 152 valence electrons. The van der Waals surface area contributed by atoms with Crippen molar-refractivity contribution < 1.29 is 14.3 Å². The molecule has 0 spiro atoms. The number of hydrogen-bond acceptors (Lipinski definition) is 3. The van der Waals surface area contributed by atoms with Gasteiger partial charge < -0.3 is 14.5 Å². The highest BCUT2D eigenvalue weighted by Gasteiger charge is 2.11. The first-order chi connectivity index (χ1) is 14.6. The van der Waals surface area contributed by atoms with Gasteiger partial charge in [0.25, 0.3) is 0 Å². The van der Waals surface area contributed by atoms with Crippen LogP contribution in [0.1, 0.15) is 23.1 Å². The zero-order valence-electron chi connectivity index (χ0n) is 17.3. The highest BCUT2D eigenvalue weighted by molar-refractivity contribution is 5.86. The molecule has 4 rings (SSSR count). The van der Waals surface area contributed by atoms with Crippen molar-refractivity contribution in [2.45, 2.75) is 26.4 Å². The number of aromatic amines is 1. The first-order valence-electron chi connectivity index (χ1n) is 10.1. The molecule has 0 aliphatic heterocycles. The Balaban J connectivity index is 1.66. The number of H-pyrrole nitrogens is 1. The number of nitrogens with one attached hydrogen (secondary N) is 1. The molecule has 0 saturated carbocycles. The fourth-order valence-corrected chi connectivity index (χ4v) is 3.62. The molecule has 0 bridgehead atoms. The molecule has 0 unspecified atom stereocenters. The molecule has 1 N–H and O–H groups in total. The fourth-order valence-electron chi connectivity index (χ4n) is 3.62. The first-order valence-corrected chi connectivity index (χ1v) is 10.1. The quantitative estimate of drug-likeness (QED) is 0.398. The third kappa shape index (κ3) is 4.54. The van der Waals surface area contributed by atoms with Crippen LogP contribution in [0.4, 0.5) is 0 Å². The van der Waals surface area contributed by atoms with Gasteiger partial charge in [-0.1, -0.05) is 42.0 Å². The average molecular weight is 399 g/mol. The molecule has 0 aliphatic rings. The van der Waals surface area contributed by atoms with E-state index in [2.05, 4.69) is 60.4 Å². The van der Waals surface area contributed by atoms with E-state index >= 15 is 0 Å². The lowest BCUT2D eigenvalue weighted by Crippen LogP contribution is -2.02. The van der Waals surface area contributed by atoms with Gasteiger partial charge in [-0.15, -0.1) is 0 Å². The fraction of sp³-hybridized carbons (Fsp3) is 0.192. The van der Waals surface area contributed by atoms with E-state index in [1.807, 2.05) is 24.4 Å². The van der Waals surface area contributed by atoms with E-state index in [0.717, 1.165) is 38.9 Å². The molecule has 4 heteroatoms. The summed E-state index contributed by atoms with van der Waals surface area (Å²) in [6, 6.07) is 22.9. The molecule has 1 heterocycles. The predicted molar refractivity (Wildman–Crippen MR) is 120 cm³/mol. The van der Waals surface area contributed by atoms with Crippen molar-refractivity contribution in [3.05, 3.63) is 89.6 Å². The SMILES string of the molecule is COC(=O)CCc1ccc(OCc2cccc(C)c2)c(-c2ccc3[nH]ccc3c2)c1. The van der Waals surface area contributed by atoms with E-state index in [0.29, 0.717) is 19.4 Å². The highest BCUT2D eigenvalue weighted by atomic mass is 16.5. The van der Waals surface area contributed by atoms with E-state index in [4.69, 9.17) is 9.47 Å². The van der Waals surface area contributed by atoms with Crippen molar-refractivity contribution in [2.24, 2.45) is 0 Å². The second-order valence-corrected chi connectivity index (χ2v) is 7.46. The van der Waals surface area contributed by atoms with Crippen LogP contribution >= 0.6 is 0 Å². The lowest BCUT2D eigenvalue weighted by molar-refractivity contribution is -0.140. The van der Waals surface area contributed by atoms with Crippen molar-refractivity contribution in [3.8, 4) is 16.9 Å². The minimum absolute atomic E-state index is 0.204. The van der Waals surface area contributed by atoms with Crippen LogP contribution < -0.4 is 4.74 Å². The first kappa shape index (κ1) is 19.8. The normalized spacial score (nSPS) is 10.9. The van der Waals surface area contributed by atoms with Gasteiger partial charge in [-0.3, -0.25) is 4.79 Å². The number of methoxy groups -OCH3 is 1. The molecular weight excluding hydrogens is 374 g/mol. The van der Waals surface area contributed by atoms with E-state index in [-0.39, 0.29) is 5.97 Å². The Morgan fingerprint density at radius 1 is 0.967 bits per heavy atom. The molecule has 0 fully saturated rings. The van der Waals surface area contributed by atoms with Crippen molar-refractivity contribution in [2.75, 3.05) is 7.11 Å². The van der Waals surface area contributed by atoms with Gasteiger partial charge in [0.05, 0.1) is 7.11 Å². The van der Waals surface area contributed by atoms with Gasteiger partial charge >= 0.3 is 5.97 Å². The molecule has 3 aromatic carbocycles. The van der Waals surface area contributed by atoms with Crippen molar-refractivity contribution >= 4 is 16.9 Å². The molecule has 4 nitrogen and oxygen atoms in total. The van der Waals surface area contributed by atoms with Gasteiger partial charge in [0.15, 0.2) is 0 Å². The number of benzene rings is 3. The maximum Gasteiger partial charge on any atom is 0.305 e. The smallest absolute Gasteiger partial charge is 0.305 e. The van der Waals surface area contributed by atoms with E-state index in [9.17, 15) is 4.79 Å². The van der Waals surface area contributed by atoms with Crippen LogP contribution in [0.2, 0.25) is 0 Å². The minimum Gasteiger partial charge on any atom is -0.488 e. The maximum atomic E-state index is 11.6. The summed E-state index contributed by atoms with van der Waals surface area (Å²) >= 11 is 0. The monoisotopic (exact) mass is 399 g/mol. The van der Waals surface area contributed by atoms with Crippen LogP contribution in [0.3, 0.4) is 0 Å². The standard InChI is InChI=1S/C26H25NO3/c1-18-4-3-5-20(14-18)17-30-25-10-6-19(7-11-26(28)29-2)15-23(25)21-8-9-24-22(16-21)12-13-27-24/h3-6,8-10,12-16,27H,7,11,17H2,1-2H3. The Morgan fingerprint density at radius 3 is 2.70 bits per heavy atom. The van der Waals surface area contributed by atoms with Crippen LogP contribution in [-0.4, -0.2) is 18.1 Å². The summed E-state index contributed by atoms with van der Waals surface area (Å²) in [5.41, 5.74) is 6.63. The molecule has 0 saturated heterocycles. The average Bonchev–Trinajstić information content (AvgIpc) is 3.24.